The lowest BCUT2D eigenvalue weighted by atomic mass is 9.78. The summed E-state index contributed by atoms with van der Waals surface area (Å²) in [4.78, 5) is 13.3. The van der Waals surface area contributed by atoms with E-state index in [1.165, 1.54) is 6.07 Å². The quantitative estimate of drug-likeness (QED) is 0.651. The van der Waals surface area contributed by atoms with Crippen molar-refractivity contribution in [3.63, 3.8) is 0 Å². The average molecular weight is 422 g/mol. The highest BCUT2D eigenvalue weighted by molar-refractivity contribution is 5.85. The molecule has 0 spiro atoms. The molecule has 4 atom stereocenters. The van der Waals surface area contributed by atoms with Crippen LogP contribution in [0.3, 0.4) is 0 Å². The molecule has 1 heterocycles. The maximum absolute atomic E-state index is 14.2. The Hall–Kier alpha value is -1.80. The van der Waals surface area contributed by atoms with Crippen LogP contribution in [-0.2, 0) is 30.3 Å². The summed E-state index contributed by atoms with van der Waals surface area (Å²) in [5, 5.41) is 2.95. The van der Waals surface area contributed by atoms with E-state index in [1.54, 1.807) is 24.3 Å². The lowest BCUT2D eigenvalue weighted by Gasteiger charge is -2.43. The van der Waals surface area contributed by atoms with Gasteiger partial charge in [0.05, 0.1) is 25.4 Å². The highest BCUT2D eigenvalue weighted by atomic mass is 19.1. The van der Waals surface area contributed by atoms with Gasteiger partial charge >= 0.3 is 0 Å². The van der Waals surface area contributed by atoms with Crippen LogP contribution in [0.1, 0.15) is 46.1 Å². The Labute approximate surface area is 177 Å². The number of hydrogen-bond acceptors (Lipinski definition) is 5. The minimum absolute atomic E-state index is 0.0337. The van der Waals surface area contributed by atoms with Crippen LogP contribution >= 0.6 is 0 Å². The number of halogens is 1. The number of hydrogen-bond donors (Lipinski definition) is 1. The Morgan fingerprint density at radius 2 is 2.07 bits per heavy atom. The summed E-state index contributed by atoms with van der Waals surface area (Å²) in [6.07, 6.45) is 1.08. The number of fused-ring (bicyclic) bond motifs is 1. The lowest BCUT2D eigenvalue weighted by molar-refractivity contribution is -0.180. The third-order valence-corrected chi connectivity index (χ3v) is 5.37. The van der Waals surface area contributed by atoms with Crippen LogP contribution < -0.4 is 5.32 Å². The summed E-state index contributed by atoms with van der Waals surface area (Å²) in [5.74, 6) is -1.42. The molecule has 1 aliphatic carbocycles. The molecular formula is C23H32FNO5. The second kappa shape index (κ2) is 9.14. The molecule has 1 unspecified atom stereocenters. The standard InChI is InChI=1S/C23H32FNO5/c1-6-11-27-18-12-23(21(26)25-15(2)3,13-19-20(18)30-22(4,5)29-19)28-14-16-9-7-8-10-17(16)24/h6-10,15,18-20H,1,11-14H2,2-5H3,(H,25,26)/t18?,19-,20+,23-/m1/s1. The molecule has 2 aliphatic rings. The number of nitrogens with one attached hydrogen (secondary N) is 1. The van der Waals surface area contributed by atoms with Crippen molar-refractivity contribution >= 4 is 5.91 Å². The van der Waals surface area contributed by atoms with E-state index in [9.17, 15) is 9.18 Å². The number of ether oxygens (including phenoxy) is 4. The SMILES string of the molecule is C=CCOC1C[C@](OCc2ccccc2F)(C(=O)NC(C)C)C[C@H]2OC(C)(C)O[C@@H]12. The molecule has 7 heteroatoms. The number of carbonyl (C=O) groups excluding carboxylic acids is 1. The fraction of sp³-hybridized carbons (Fsp3) is 0.609. The molecule has 30 heavy (non-hydrogen) atoms. The highest BCUT2D eigenvalue weighted by Gasteiger charge is 2.58. The van der Waals surface area contributed by atoms with Crippen molar-refractivity contribution in [1.29, 1.82) is 0 Å². The molecule has 1 saturated carbocycles. The number of rotatable bonds is 8. The minimum atomic E-state index is -1.23. The van der Waals surface area contributed by atoms with Crippen LogP contribution in [-0.4, -0.2) is 48.3 Å². The van der Waals surface area contributed by atoms with Crippen molar-refractivity contribution in [2.24, 2.45) is 0 Å². The zero-order valence-corrected chi connectivity index (χ0v) is 18.2. The molecule has 1 saturated heterocycles. The lowest BCUT2D eigenvalue weighted by Crippen LogP contribution is -2.60. The van der Waals surface area contributed by atoms with Crippen LogP contribution in [0.15, 0.2) is 36.9 Å². The number of benzene rings is 1. The third kappa shape index (κ3) is 5.09. The summed E-state index contributed by atoms with van der Waals surface area (Å²) in [6.45, 7) is 11.4. The van der Waals surface area contributed by atoms with E-state index < -0.39 is 17.5 Å². The van der Waals surface area contributed by atoms with Crippen LogP contribution in [0.4, 0.5) is 4.39 Å². The van der Waals surface area contributed by atoms with Gasteiger partial charge in [-0.25, -0.2) is 4.39 Å². The van der Waals surface area contributed by atoms with Crippen molar-refractivity contribution in [3.8, 4) is 0 Å². The van der Waals surface area contributed by atoms with Gasteiger partial charge in [-0.15, -0.1) is 6.58 Å². The maximum atomic E-state index is 14.2. The first kappa shape index (κ1) is 22.9. The van der Waals surface area contributed by atoms with Crippen molar-refractivity contribution < 1.29 is 28.1 Å². The summed E-state index contributed by atoms with van der Waals surface area (Å²) in [6, 6.07) is 6.32. The van der Waals surface area contributed by atoms with Gasteiger partial charge in [0.25, 0.3) is 5.91 Å². The van der Waals surface area contributed by atoms with Gasteiger partial charge in [-0.1, -0.05) is 24.3 Å². The first-order valence-electron chi connectivity index (χ1n) is 10.4. The Kier molecular flexibility index (Phi) is 6.97. The first-order chi connectivity index (χ1) is 14.2. The molecule has 1 aliphatic heterocycles. The van der Waals surface area contributed by atoms with Crippen LogP contribution in [0.5, 0.6) is 0 Å². The summed E-state index contributed by atoms with van der Waals surface area (Å²) >= 11 is 0. The topological polar surface area (TPSA) is 66.0 Å². The largest absolute Gasteiger partial charge is 0.371 e. The smallest absolute Gasteiger partial charge is 0.252 e. The molecule has 6 nitrogen and oxygen atoms in total. The summed E-state index contributed by atoms with van der Waals surface area (Å²) in [5.41, 5.74) is -0.840. The average Bonchev–Trinajstić information content (AvgIpc) is 2.98. The second-order valence-corrected chi connectivity index (χ2v) is 8.71. The Balaban J connectivity index is 1.90. The van der Waals surface area contributed by atoms with Crippen LogP contribution in [0.25, 0.3) is 0 Å². The minimum Gasteiger partial charge on any atom is -0.371 e. The Morgan fingerprint density at radius 1 is 1.33 bits per heavy atom. The molecule has 1 amide bonds. The normalized spacial score (nSPS) is 30.1. The van der Waals surface area contributed by atoms with Gasteiger partial charge in [-0.2, -0.15) is 0 Å². The zero-order valence-electron chi connectivity index (χ0n) is 18.2. The molecule has 0 bridgehead atoms. The molecule has 166 valence electrons. The van der Waals surface area contributed by atoms with E-state index in [1.807, 2.05) is 27.7 Å². The molecule has 1 aromatic carbocycles. The molecule has 1 N–H and O–H groups in total. The highest BCUT2D eigenvalue weighted by Crippen LogP contribution is 2.44. The second-order valence-electron chi connectivity index (χ2n) is 8.71. The van der Waals surface area contributed by atoms with Gasteiger partial charge in [0.2, 0.25) is 0 Å². The number of carbonyl (C=O) groups is 1. The van der Waals surface area contributed by atoms with E-state index >= 15 is 0 Å². The van der Waals surface area contributed by atoms with E-state index in [0.29, 0.717) is 18.6 Å². The fourth-order valence-corrected chi connectivity index (χ4v) is 4.12. The predicted molar refractivity (Wildman–Crippen MR) is 110 cm³/mol. The summed E-state index contributed by atoms with van der Waals surface area (Å²) in [7, 11) is 0. The molecule has 1 aromatic rings. The predicted octanol–water partition coefficient (Wildman–Crippen LogP) is 3.49. The molecule has 3 rings (SSSR count). The Bertz CT molecular complexity index is 768. The Morgan fingerprint density at radius 3 is 2.73 bits per heavy atom. The first-order valence-corrected chi connectivity index (χ1v) is 10.4. The summed E-state index contributed by atoms with van der Waals surface area (Å²) < 4.78 is 38.5. The van der Waals surface area contributed by atoms with E-state index in [2.05, 4.69) is 11.9 Å². The van der Waals surface area contributed by atoms with Gasteiger partial charge in [-0.05, 0) is 33.8 Å². The van der Waals surface area contributed by atoms with E-state index in [0.717, 1.165) is 0 Å². The monoisotopic (exact) mass is 421 g/mol. The maximum Gasteiger partial charge on any atom is 0.252 e. The fourth-order valence-electron chi connectivity index (χ4n) is 4.12. The van der Waals surface area contributed by atoms with Gasteiger partial charge in [0.15, 0.2) is 11.4 Å². The van der Waals surface area contributed by atoms with Crippen molar-refractivity contribution in [3.05, 3.63) is 48.3 Å². The van der Waals surface area contributed by atoms with Gasteiger partial charge in [0, 0.05) is 24.4 Å². The van der Waals surface area contributed by atoms with Crippen LogP contribution in [0, 0.1) is 5.82 Å². The molecule has 0 aromatic heterocycles. The van der Waals surface area contributed by atoms with E-state index in [4.69, 9.17) is 18.9 Å². The van der Waals surface area contributed by atoms with Gasteiger partial charge in [0.1, 0.15) is 11.9 Å². The van der Waals surface area contributed by atoms with Gasteiger partial charge < -0.3 is 24.3 Å². The third-order valence-electron chi connectivity index (χ3n) is 5.37. The van der Waals surface area contributed by atoms with Crippen molar-refractivity contribution in [2.75, 3.05) is 6.61 Å². The van der Waals surface area contributed by atoms with Gasteiger partial charge in [-0.3, -0.25) is 4.79 Å². The van der Waals surface area contributed by atoms with E-state index in [-0.39, 0.29) is 43.0 Å². The van der Waals surface area contributed by atoms with Crippen LogP contribution in [0.2, 0.25) is 0 Å². The molecule has 0 radical (unpaired) electrons. The molecular weight excluding hydrogens is 389 g/mol. The number of amides is 1. The van der Waals surface area contributed by atoms with Crippen molar-refractivity contribution in [2.45, 2.75) is 82.9 Å². The zero-order chi connectivity index (χ0) is 21.9. The van der Waals surface area contributed by atoms with Crippen molar-refractivity contribution in [1.82, 2.24) is 5.32 Å². The molecule has 2 fully saturated rings.